The van der Waals surface area contributed by atoms with Gasteiger partial charge in [0.2, 0.25) is 0 Å². The van der Waals surface area contributed by atoms with E-state index in [4.69, 9.17) is 39.1 Å². The van der Waals surface area contributed by atoms with E-state index in [1.54, 1.807) is 0 Å². The zero-order chi connectivity index (χ0) is 22.3. The van der Waals surface area contributed by atoms with Gasteiger partial charge in [0.1, 0.15) is 36.6 Å². The van der Waals surface area contributed by atoms with Crippen LogP contribution in [0.1, 0.15) is 0 Å². The fourth-order valence-electron chi connectivity index (χ4n) is 2.27. The summed E-state index contributed by atoms with van der Waals surface area (Å²) in [5.74, 6) is 0. The normalized spacial score (nSPS) is 33.1. The first-order chi connectivity index (χ1) is 12.2. The lowest BCUT2D eigenvalue weighted by atomic mass is 9.85. The molecule has 0 saturated heterocycles. The van der Waals surface area contributed by atoms with Gasteiger partial charge in [0.25, 0.3) is 0 Å². The zero-order valence-corrected chi connectivity index (χ0v) is 16.6. The third kappa shape index (κ3) is 8.62. The van der Waals surface area contributed by atoms with E-state index in [-0.39, 0.29) is 0 Å². The summed E-state index contributed by atoms with van der Waals surface area (Å²) >= 11 is 0. The van der Waals surface area contributed by atoms with E-state index in [1.807, 2.05) is 0 Å². The van der Waals surface area contributed by atoms with Crippen LogP contribution in [0, 0.1) is 0 Å². The van der Waals surface area contributed by atoms with Crippen molar-refractivity contribution in [2.24, 2.45) is 0 Å². The number of phosphoric acid groups is 4. The van der Waals surface area contributed by atoms with Crippen molar-refractivity contribution in [3.8, 4) is 0 Å². The van der Waals surface area contributed by atoms with Gasteiger partial charge in [-0.15, -0.1) is 0 Å². The molecule has 22 heteroatoms. The van der Waals surface area contributed by atoms with Crippen LogP contribution in [0.5, 0.6) is 0 Å². The number of aliphatic hydroxyl groups is 2. The fraction of sp³-hybridized carbons (Fsp3) is 1.00. The third-order valence-corrected chi connectivity index (χ3v) is 5.10. The topological polar surface area (TPSA) is 308 Å². The van der Waals surface area contributed by atoms with Crippen LogP contribution in [0.15, 0.2) is 0 Å². The molecule has 2 unspecified atom stereocenters. The van der Waals surface area contributed by atoms with Crippen molar-refractivity contribution < 1.29 is 85.7 Å². The van der Waals surface area contributed by atoms with Crippen LogP contribution >= 0.6 is 31.3 Å². The molecule has 0 heterocycles. The Morgan fingerprint density at radius 2 is 0.571 bits per heavy atom. The van der Waals surface area contributed by atoms with Gasteiger partial charge in [-0.05, 0) is 0 Å². The first-order valence-electron chi connectivity index (χ1n) is 6.52. The minimum absolute atomic E-state index is 2.61. The van der Waals surface area contributed by atoms with Crippen molar-refractivity contribution in [2.75, 3.05) is 0 Å². The van der Waals surface area contributed by atoms with Gasteiger partial charge in [0.05, 0.1) is 0 Å². The molecule has 10 N–H and O–H groups in total. The molecule has 0 bridgehead atoms. The molecular formula is C6H16O18P4. The van der Waals surface area contributed by atoms with Crippen LogP contribution in [0.2, 0.25) is 0 Å². The van der Waals surface area contributed by atoms with Crippen LogP contribution in [0.4, 0.5) is 0 Å². The van der Waals surface area contributed by atoms with E-state index < -0.39 is 67.9 Å². The lowest BCUT2D eigenvalue weighted by Gasteiger charge is -2.45. The van der Waals surface area contributed by atoms with E-state index in [9.17, 15) is 28.5 Å². The van der Waals surface area contributed by atoms with Crippen molar-refractivity contribution in [1.82, 2.24) is 0 Å². The Balaban J connectivity index is 3.47. The van der Waals surface area contributed by atoms with Crippen LogP contribution in [-0.2, 0) is 36.4 Å². The molecule has 0 aromatic heterocycles. The Bertz CT molecular complexity index is 604. The minimum Gasteiger partial charge on any atom is -0.387 e. The quantitative estimate of drug-likeness (QED) is 0.145. The number of hydrogen-bond acceptors (Lipinski definition) is 10. The molecule has 1 saturated carbocycles. The highest BCUT2D eigenvalue weighted by molar-refractivity contribution is 7.47. The number of phosphoric ester groups is 4. The van der Waals surface area contributed by atoms with E-state index in [0.717, 1.165) is 0 Å². The maximum Gasteiger partial charge on any atom is 0.470 e. The van der Waals surface area contributed by atoms with E-state index >= 15 is 0 Å². The van der Waals surface area contributed by atoms with Gasteiger partial charge in [-0.25, -0.2) is 18.3 Å². The van der Waals surface area contributed by atoms with Crippen molar-refractivity contribution in [3.63, 3.8) is 0 Å². The number of hydrogen-bond donors (Lipinski definition) is 10. The first kappa shape index (κ1) is 26.4. The largest absolute Gasteiger partial charge is 0.470 e. The summed E-state index contributed by atoms with van der Waals surface area (Å²) in [6.07, 6.45) is -15.9. The molecule has 168 valence electrons. The van der Waals surface area contributed by atoms with Crippen LogP contribution in [0.3, 0.4) is 0 Å². The molecule has 1 aliphatic rings. The Hall–Kier alpha value is 0.360. The molecule has 6 atom stereocenters. The summed E-state index contributed by atoms with van der Waals surface area (Å²) in [5.41, 5.74) is 0. The maximum absolute atomic E-state index is 11.0. The monoisotopic (exact) mass is 500 g/mol. The molecule has 1 fully saturated rings. The highest BCUT2D eigenvalue weighted by Gasteiger charge is 2.58. The average molecular weight is 500 g/mol. The molecule has 0 aliphatic heterocycles. The second-order valence-electron chi connectivity index (χ2n) is 5.22. The summed E-state index contributed by atoms with van der Waals surface area (Å²) in [7, 11) is -22.3. The Morgan fingerprint density at radius 3 is 0.679 bits per heavy atom. The maximum atomic E-state index is 11.0. The van der Waals surface area contributed by atoms with Crippen molar-refractivity contribution in [1.29, 1.82) is 0 Å². The average Bonchev–Trinajstić information content (AvgIpc) is 2.39. The number of aliphatic hydroxyl groups excluding tert-OH is 2. The first-order valence-corrected chi connectivity index (χ1v) is 12.6. The van der Waals surface area contributed by atoms with Gasteiger partial charge >= 0.3 is 31.3 Å². The fourth-order valence-corrected chi connectivity index (χ4v) is 4.52. The highest BCUT2D eigenvalue weighted by atomic mass is 31.2. The predicted octanol–water partition coefficient (Wildman–Crippen LogP) is -3.37. The smallest absolute Gasteiger partial charge is 0.387 e. The molecule has 0 radical (unpaired) electrons. The van der Waals surface area contributed by atoms with Gasteiger partial charge < -0.3 is 49.4 Å². The SMILES string of the molecule is O=P(O)(O)O[C@@H]1C(O)[C@H](OP(=O)(O)O)[C@@H](OP(=O)(O)O)C(O)[C@@H]1OP(=O)(O)O. The second kappa shape index (κ2) is 8.85. The zero-order valence-electron chi connectivity index (χ0n) is 13.0. The predicted molar refractivity (Wildman–Crippen MR) is 79.7 cm³/mol. The summed E-state index contributed by atoms with van der Waals surface area (Å²) in [5, 5.41) is 20.2. The molecule has 18 nitrogen and oxygen atoms in total. The molecule has 0 amide bonds. The van der Waals surface area contributed by atoms with Gasteiger partial charge in [0, 0.05) is 0 Å². The second-order valence-corrected chi connectivity index (χ2v) is 9.99. The van der Waals surface area contributed by atoms with Crippen LogP contribution in [-0.4, -0.2) is 86.0 Å². The summed E-state index contributed by atoms with van der Waals surface area (Å²) in [6, 6.07) is 0. The molecule has 0 aromatic carbocycles. The molecule has 28 heavy (non-hydrogen) atoms. The van der Waals surface area contributed by atoms with Crippen LogP contribution < -0.4 is 0 Å². The third-order valence-electron chi connectivity index (χ3n) is 3.03. The number of rotatable bonds is 8. The van der Waals surface area contributed by atoms with Gasteiger partial charge in [-0.3, -0.25) is 18.1 Å². The van der Waals surface area contributed by atoms with Crippen molar-refractivity contribution in [2.45, 2.75) is 36.6 Å². The Morgan fingerprint density at radius 1 is 0.429 bits per heavy atom. The molecular weight excluding hydrogens is 484 g/mol. The van der Waals surface area contributed by atoms with Crippen molar-refractivity contribution in [3.05, 3.63) is 0 Å². The van der Waals surface area contributed by atoms with Gasteiger partial charge in [0.15, 0.2) is 0 Å². The standard InChI is InChI=1S/C6H16O18P4/c7-1-3(21-25(9,10)11)5(23-27(15,16)17)2(8)6(24-28(18,19)20)4(1)22-26(12,13)14/h1-8H,(H2,9,10,11)(H2,12,13,14)(H2,15,16,17)(H2,18,19,20)/t1?,2?,3-,4-,5-,6+/m0/s1. The van der Waals surface area contributed by atoms with E-state index in [2.05, 4.69) is 18.1 Å². The summed E-state index contributed by atoms with van der Waals surface area (Å²) in [4.78, 5) is 70.9. The van der Waals surface area contributed by atoms with Gasteiger partial charge in [-0.1, -0.05) is 0 Å². The van der Waals surface area contributed by atoms with Crippen molar-refractivity contribution >= 4 is 31.3 Å². The molecule has 1 rings (SSSR count). The molecule has 0 aromatic rings. The Kier molecular flexibility index (Phi) is 8.34. The molecule has 1 aliphatic carbocycles. The van der Waals surface area contributed by atoms with E-state index in [0.29, 0.717) is 0 Å². The lowest BCUT2D eigenvalue weighted by Crippen LogP contribution is -2.65. The summed E-state index contributed by atoms with van der Waals surface area (Å²) < 4.78 is 60.4. The van der Waals surface area contributed by atoms with Gasteiger partial charge in [-0.2, -0.15) is 0 Å². The summed E-state index contributed by atoms with van der Waals surface area (Å²) in [6.45, 7) is 0. The molecule has 0 spiro atoms. The lowest BCUT2D eigenvalue weighted by molar-refractivity contribution is -0.208. The van der Waals surface area contributed by atoms with E-state index in [1.165, 1.54) is 0 Å². The highest BCUT2D eigenvalue weighted by Crippen LogP contribution is 2.51. The minimum atomic E-state index is -5.59. The Labute approximate surface area is 154 Å². The van der Waals surface area contributed by atoms with Crippen LogP contribution in [0.25, 0.3) is 0 Å².